The summed E-state index contributed by atoms with van der Waals surface area (Å²) < 4.78 is 19.0. The van der Waals surface area contributed by atoms with E-state index in [1.54, 1.807) is 56.6 Å². The summed E-state index contributed by atoms with van der Waals surface area (Å²) in [6.07, 6.45) is 3.56. The van der Waals surface area contributed by atoms with Gasteiger partial charge in [-0.05, 0) is 42.0 Å². The average molecular weight is 466 g/mol. The Hall–Kier alpha value is -3.92. The second-order valence-corrected chi connectivity index (χ2v) is 7.79. The van der Waals surface area contributed by atoms with E-state index in [-0.39, 0.29) is 11.4 Å². The Morgan fingerprint density at radius 2 is 1.64 bits per heavy atom. The van der Waals surface area contributed by atoms with Gasteiger partial charge in [0, 0.05) is 29.9 Å². The third-order valence-corrected chi connectivity index (χ3v) is 5.80. The summed E-state index contributed by atoms with van der Waals surface area (Å²) in [6.45, 7) is 0. The number of thioether (sulfide) groups is 1. The number of methoxy groups -OCH3 is 3. The zero-order chi connectivity index (χ0) is 23.2. The largest absolute Gasteiger partial charge is 0.497 e. The monoisotopic (exact) mass is 465 g/mol. The van der Waals surface area contributed by atoms with E-state index >= 15 is 0 Å². The third-order valence-electron chi connectivity index (χ3n) is 4.80. The fraction of sp³-hybridized carbons (Fsp3) is 0.174. The fourth-order valence-corrected chi connectivity index (χ4v) is 4.00. The van der Waals surface area contributed by atoms with Crippen LogP contribution in [0.4, 0.5) is 11.5 Å². The van der Waals surface area contributed by atoms with Gasteiger partial charge >= 0.3 is 5.56 Å². The van der Waals surface area contributed by atoms with Crippen LogP contribution in [0.25, 0.3) is 0 Å². The van der Waals surface area contributed by atoms with Gasteiger partial charge in [0.25, 0.3) is 0 Å². The van der Waals surface area contributed by atoms with Gasteiger partial charge in [-0.25, -0.2) is 0 Å². The molecule has 0 saturated carbocycles. The summed E-state index contributed by atoms with van der Waals surface area (Å²) in [5, 5.41) is 12.0. The second kappa shape index (κ2) is 10.1. The summed E-state index contributed by atoms with van der Waals surface area (Å²) in [5.74, 6) is 2.61. The van der Waals surface area contributed by atoms with Gasteiger partial charge in [0.15, 0.2) is 11.5 Å². The fourth-order valence-electron chi connectivity index (χ4n) is 3.12. The SMILES string of the molecule is COc1ccc(CSc2nnc(Nc3ccc(OC)c(OC)c3)c(=O)n2-n2cccc2)cc1. The minimum Gasteiger partial charge on any atom is -0.497 e. The highest BCUT2D eigenvalue weighted by Crippen LogP contribution is 2.30. The molecule has 0 bridgehead atoms. The lowest BCUT2D eigenvalue weighted by Crippen LogP contribution is -2.30. The van der Waals surface area contributed by atoms with Gasteiger partial charge in [-0.2, -0.15) is 4.68 Å². The van der Waals surface area contributed by atoms with Crippen LogP contribution in [0.1, 0.15) is 5.56 Å². The van der Waals surface area contributed by atoms with Crippen molar-refractivity contribution in [3.63, 3.8) is 0 Å². The lowest BCUT2D eigenvalue weighted by atomic mass is 10.2. The molecule has 4 aromatic rings. The van der Waals surface area contributed by atoms with Crippen molar-refractivity contribution in [1.29, 1.82) is 0 Å². The van der Waals surface area contributed by atoms with Gasteiger partial charge in [0.1, 0.15) is 5.75 Å². The molecule has 2 aromatic heterocycles. The minimum absolute atomic E-state index is 0.0877. The molecule has 0 atom stereocenters. The highest BCUT2D eigenvalue weighted by molar-refractivity contribution is 7.98. The summed E-state index contributed by atoms with van der Waals surface area (Å²) in [7, 11) is 4.75. The molecule has 0 spiro atoms. The molecule has 0 radical (unpaired) electrons. The molecule has 0 aliphatic rings. The molecular formula is C23H23N5O4S. The smallest absolute Gasteiger partial charge is 0.316 e. The zero-order valence-corrected chi connectivity index (χ0v) is 19.2. The first-order valence-electron chi connectivity index (χ1n) is 10.0. The first kappa shape index (κ1) is 22.3. The Labute approximate surface area is 194 Å². The topological polar surface area (TPSA) is 92.4 Å². The van der Waals surface area contributed by atoms with E-state index < -0.39 is 0 Å². The van der Waals surface area contributed by atoms with E-state index in [1.807, 2.05) is 36.4 Å². The van der Waals surface area contributed by atoms with Crippen LogP contribution >= 0.6 is 11.8 Å². The lowest BCUT2D eigenvalue weighted by Gasteiger charge is -2.14. The van der Waals surface area contributed by atoms with Crippen LogP contribution in [0.2, 0.25) is 0 Å². The molecule has 2 aromatic carbocycles. The van der Waals surface area contributed by atoms with Gasteiger partial charge in [-0.15, -0.1) is 10.2 Å². The maximum atomic E-state index is 13.4. The number of nitrogens with zero attached hydrogens (tertiary/aromatic N) is 4. The quantitative estimate of drug-likeness (QED) is 0.373. The van der Waals surface area contributed by atoms with Gasteiger partial charge < -0.3 is 19.5 Å². The Balaban J connectivity index is 1.64. The van der Waals surface area contributed by atoms with Gasteiger partial charge in [0.2, 0.25) is 11.0 Å². The van der Waals surface area contributed by atoms with Crippen LogP contribution in [-0.4, -0.2) is 40.9 Å². The van der Waals surface area contributed by atoms with Crippen molar-refractivity contribution in [1.82, 2.24) is 19.5 Å². The molecule has 2 heterocycles. The summed E-state index contributed by atoms with van der Waals surface area (Å²) >= 11 is 1.42. The van der Waals surface area contributed by atoms with Crippen molar-refractivity contribution in [2.75, 3.05) is 26.6 Å². The number of nitrogens with one attached hydrogen (secondary N) is 1. The summed E-state index contributed by atoms with van der Waals surface area (Å²) in [5.41, 5.74) is 1.35. The predicted molar refractivity (Wildman–Crippen MR) is 127 cm³/mol. The Bertz CT molecular complexity index is 1270. The van der Waals surface area contributed by atoms with Crippen LogP contribution in [0.15, 0.2) is 76.9 Å². The van der Waals surface area contributed by atoms with Crippen LogP contribution in [0.5, 0.6) is 17.2 Å². The number of benzene rings is 2. The number of hydrogen-bond acceptors (Lipinski definition) is 8. The minimum atomic E-state index is -0.340. The van der Waals surface area contributed by atoms with Gasteiger partial charge in [-0.1, -0.05) is 23.9 Å². The third kappa shape index (κ3) is 4.96. The summed E-state index contributed by atoms with van der Waals surface area (Å²) in [4.78, 5) is 13.4. The molecule has 0 aliphatic heterocycles. The van der Waals surface area contributed by atoms with Gasteiger partial charge in [-0.3, -0.25) is 9.47 Å². The van der Waals surface area contributed by atoms with E-state index in [2.05, 4.69) is 15.5 Å². The molecule has 0 unspecified atom stereocenters. The van der Waals surface area contributed by atoms with Crippen LogP contribution < -0.4 is 25.1 Å². The molecule has 0 fully saturated rings. The molecule has 0 aliphatic carbocycles. The molecule has 0 saturated heterocycles. The predicted octanol–water partition coefficient (Wildman–Crippen LogP) is 3.81. The van der Waals surface area contributed by atoms with Crippen LogP contribution in [0, 0.1) is 0 Å². The van der Waals surface area contributed by atoms with Crippen molar-refractivity contribution < 1.29 is 14.2 Å². The first-order valence-corrected chi connectivity index (χ1v) is 11.0. The molecule has 9 nitrogen and oxygen atoms in total. The van der Waals surface area contributed by atoms with Crippen molar-refractivity contribution in [2.45, 2.75) is 10.9 Å². The second-order valence-electron chi connectivity index (χ2n) is 6.84. The Kier molecular flexibility index (Phi) is 6.84. The van der Waals surface area contributed by atoms with E-state index in [0.29, 0.717) is 28.1 Å². The number of hydrogen-bond donors (Lipinski definition) is 1. The van der Waals surface area contributed by atoms with E-state index in [1.165, 1.54) is 16.4 Å². The maximum absolute atomic E-state index is 13.4. The molecule has 170 valence electrons. The molecule has 33 heavy (non-hydrogen) atoms. The molecule has 10 heteroatoms. The van der Waals surface area contributed by atoms with Crippen molar-refractivity contribution in [2.24, 2.45) is 0 Å². The van der Waals surface area contributed by atoms with E-state index in [0.717, 1.165) is 11.3 Å². The molecule has 4 rings (SSSR count). The van der Waals surface area contributed by atoms with Gasteiger partial charge in [0.05, 0.1) is 21.3 Å². The average Bonchev–Trinajstić information content (AvgIpc) is 3.38. The zero-order valence-electron chi connectivity index (χ0n) is 18.4. The highest BCUT2D eigenvalue weighted by Gasteiger charge is 2.15. The number of anilines is 2. The number of aromatic nitrogens is 4. The first-order chi connectivity index (χ1) is 16.1. The van der Waals surface area contributed by atoms with Crippen molar-refractivity contribution in [3.8, 4) is 17.2 Å². The van der Waals surface area contributed by atoms with E-state index in [4.69, 9.17) is 14.2 Å². The Morgan fingerprint density at radius 3 is 2.30 bits per heavy atom. The molecule has 0 amide bonds. The molecule has 1 N–H and O–H groups in total. The standard InChI is InChI=1S/C23H23N5O4S/c1-30-18-9-6-16(7-10-18)15-33-23-26-25-21(22(29)28(23)27-12-4-5-13-27)24-17-8-11-19(31-2)20(14-17)32-3/h4-14H,15H2,1-3H3,(H,24,25). The molecular weight excluding hydrogens is 442 g/mol. The Morgan fingerprint density at radius 1 is 0.909 bits per heavy atom. The lowest BCUT2D eigenvalue weighted by molar-refractivity contribution is 0.355. The number of ether oxygens (including phenoxy) is 3. The van der Waals surface area contributed by atoms with Crippen molar-refractivity contribution in [3.05, 3.63) is 82.9 Å². The van der Waals surface area contributed by atoms with Crippen LogP contribution in [0.3, 0.4) is 0 Å². The number of rotatable bonds is 9. The normalized spacial score (nSPS) is 10.6. The van der Waals surface area contributed by atoms with Crippen molar-refractivity contribution >= 4 is 23.3 Å². The van der Waals surface area contributed by atoms with Crippen LogP contribution in [-0.2, 0) is 5.75 Å². The van der Waals surface area contributed by atoms with E-state index in [9.17, 15) is 4.79 Å². The summed E-state index contributed by atoms with van der Waals surface area (Å²) in [6, 6.07) is 16.7. The maximum Gasteiger partial charge on any atom is 0.316 e. The highest BCUT2D eigenvalue weighted by atomic mass is 32.2.